The van der Waals surface area contributed by atoms with Crippen LogP contribution in [0.4, 0.5) is 0 Å². The maximum atomic E-state index is 11.9. The molecule has 1 aromatic carbocycles. The fourth-order valence-corrected chi connectivity index (χ4v) is 1.76. The van der Waals surface area contributed by atoms with Gasteiger partial charge >= 0.3 is 0 Å². The van der Waals surface area contributed by atoms with Gasteiger partial charge in [-0.25, -0.2) is 0 Å². The van der Waals surface area contributed by atoms with Gasteiger partial charge < -0.3 is 10.0 Å². The molecular weight excluding hydrogens is 285 g/mol. The van der Waals surface area contributed by atoms with E-state index in [0.29, 0.717) is 16.6 Å². The quantitative estimate of drug-likeness (QED) is 0.648. The fourth-order valence-electron chi connectivity index (χ4n) is 1.46. The summed E-state index contributed by atoms with van der Waals surface area (Å²) in [4.78, 5) is 13.4. The summed E-state index contributed by atoms with van der Waals surface area (Å²) in [6.07, 6.45) is 4.69. The molecule has 0 bridgehead atoms. The number of hydrogen-bond donors (Lipinski definition) is 1. The second kappa shape index (κ2) is 8.00. The Bertz CT molecular complexity index is 486. The van der Waals surface area contributed by atoms with Crippen LogP contribution in [0.15, 0.2) is 36.9 Å². The van der Waals surface area contributed by atoms with Crippen LogP contribution in [0.5, 0.6) is 0 Å². The van der Waals surface area contributed by atoms with Crippen LogP contribution in [0.1, 0.15) is 5.56 Å². The summed E-state index contributed by atoms with van der Waals surface area (Å²) in [7, 11) is 0. The van der Waals surface area contributed by atoms with Gasteiger partial charge in [0.15, 0.2) is 0 Å². The monoisotopic (exact) mass is 299 g/mol. The predicted octanol–water partition coefficient (Wildman–Crippen LogP) is 3.01. The minimum Gasteiger partial charge on any atom is -0.395 e. The Kier molecular flexibility index (Phi) is 6.64. The first-order valence-electron chi connectivity index (χ1n) is 5.72. The first-order chi connectivity index (χ1) is 9.08. The topological polar surface area (TPSA) is 40.5 Å². The Hall–Kier alpha value is -1.29. The number of carbonyl (C=O) groups is 1. The molecule has 0 saturated carbocycles. The summed E-state index contributed by atoms with van der Waals surface area (Å²) in [6.45, 7) is 4.16. The molecule has 0 saturated heterocycles. The summed E-state index contributed by atoms with van der Waals surface area (Å²) in [5.74, 6) is -0.194. The van der Waals surface area contributed by atoms with Gasteiger partial charge in [0.2, 0.25) is 5.91 Å². The number of rotatable bonds is 6. The number of carbonyl (C=O) groups excluding carboxylic acids is 1. The summed E-state index contributed by atoms with van der Waals surface area (Å²) in [5, 5.41) is 9.79. The Morgan fingerprint density at radius 3 is 2.68 bits per heavy atom. The molecule has 19 heavy (non-hydrogen) atoms. The number of aliphatic hydroxyl groups is 1. The van der Waals surface area contributed by atoms with Crippen LogP contribution in [-0.2, 0) is 4.79 Å². The van der Waals surface area contributed by atoms with Crippen molar-refractivity contribution in [3.63, 3.8) is 0 Å². The van der Waals surface area contributed by atoms with E-state index in [4.69, 9.17) is 28.3 Å². The van der Waals surface area contributed by atoms with Crippen molar-refractivity contribution < 1.29 is 9.90 Å². The van der Waals surface area contributed by atoms with Crippen molar-refractivity contribution in [1.82, 2.24) is 4.90 Å². The maximum Gasteiger partial charge on any atom is 0.246 e. The standard InChI is InChI=1S/C14H15Cl2NO2/c1-2-7-17(8-9-18)14(19)6-4-11-3-5-12(15)13(16)10-11/h2-6,10,18H,1,7-9H2/b6-4+. The smallest absolute Gasteiger partial charge is 0.246 e. The van der Waals surface area contributed by atoms with Gasteiger partial charge in [-0.15, -0.1) is 6.58 Å². The molecule has 0 aliphatic carbocycles. The lowest BCUT2D eigenvalue weighted by Crippen LogP contribution is -2.32. The van der Waals surface area contributed by atoms with Crippen LogP contribution in [0.2, 0.25) is 10.0 Å². The summed E-state index contributed by atoms with van der Waals surface area (Å²) in [6, 6.07) is 5.11. The molecule has 1 N–H and O–H groups in total. The lowest BCUT2D eigenvalue weighted by Gasteiger charge is -2.17. The van der Waals surface area contributed by atoms with Crippen LogP contribution >= 0.6 is 23.2 Å². The summed E-state index contributed by atoms with van der Waals surface area (Å²) >= 11 is 11.7. The maximum absolute atomic E-state index is 11.9. The summed E-state index contributed by atoms with van der Waals surface area (Å²) in [5.41, 5.74) is 0.783. The number of benzene rings is 1. The van der Waals surface area contributed by atoms with Gasteiger partial charge in [-0.3, -0.25) is 4.79 Å². The molecule has 1 rings (SSSR count). The number of aliphatic hydroxyl groups excluding tert-OH is 1. The van der Waals surface area contributed by atoms with Gasteiger partial charge in [-0.1, -0.05) is 35.3 Å². The third-order valence-electron chi connectivity index (χ3n) is 2.39. The molecule has 0 aromatic heterocycles. The first kappa shape index (κ1) is 15.8. The lowest BCUT2D eigenvalue weighted by atomic mass is 10.2. The predicted molar refractivity (Wildman–Crippen MR) is 79.4 cm³/mol. The number of nitrogens with zero attached hydrogens (tertiary/aromatic N) is 1. The molecule has 0 heterocycles. The number of amides is 1. The van der Waals surface area contributed by atoms with E-state index in [9.17, 15) is 4.79 Å². The first-order valence-corrected chi connectivity index (χ1v) is 6.48. The fraction of sp³-hybridized carbons (Fsp3) is 0.214. The number of hydrogen-bond acceptors (Lipinski definition) is 2. The minimum atomic E-state index is -0.194. The second-order valence-electron chi connectivity index (χ2n) is 3.80. The van der Waals surface area contributed by atoms with E-state index in [2.05, 4.69) is 6.58 Å². The molecule has 0 unspecified atom stereocenters. The Morgan fingerprint density at radius 1 is 1.37 bits per heavy atom. The molecule has 0 atom stereocenters. The van der Waals surface area contributed by atoms with Crippen molar-refractivity contribution in [2.75, 3.05) is 19.7 Å². The van der Waals surface area contributed by atoms with Crippen molar-refractivity contribution >= 4 is 35.2 Å². The van der Waals surface area contributed by atoms with Crippen LogP contribution in [0, 0.1) is 0 Å². The van der Waals surface area contributed by atoms with Gasteiger partial charge in [0.05, 0.1) is 16.7 Å². The van der Waals surface area contributed by atoms with Gasteiger partial charge in [0, 0.05) is 19.2 Å². The zero-order valence-electron chi connectivity index (χ0n) is 10.4. The molecule has 0 radical (unpaired) electrons. The molecule has 102 valence electrons. The van der Waals surface area contributed by atoms with E-state index in [1.165, 1.54) is 11.0 Å². The molecule has 0 spiro atoms. The molecule has 5 heteroatoms. The molecule has 1 aromatic rings. The van der Waals surface area contributed by atoms with Crippen LogP contribution in [0.3, 0.4) is 0 Å². The average Bonchev–Trinajstić information content (AvgIpc) is 2.39. The van der Waals surface area contributed by atoms with Crippen LogP contribution < -0.4 is 0 Å². The van der Waals surface area contributed by atoms with Crippen molar-refractivity contribution in [2.45, 2.75) is 0 Å². The van der Waals surface area contributed by atoms with E-state index in [-0.39, 0.29) is 19.1 Å². The normalized spacial score (nSPS) is 10.7. The molecule has 0 aliphatic rings. The molecule has 1 amide bonds. The highest BCUT2D eigenvalue weighted by atomic mass is 35.5. The van der Waals surface area contributed by atoms with Gasteiger partial charge in [0.25, 0.3) is 0 Å². The van der Waals surface area contributed by atoms with E-state index in [1.807, 2.05) is 0 Å². The van der Waals surface area contributed by atoms with E-state index in [0.717, 1.165) is 5.56 Å². The highest BCUT2D eigenvalue weighted by Crippen LogP contribution is 2.23. The zero-order chi connectivity index (χ0) is 14.3. The third kappa shape index (κ3) is 5.07. The molecule has 0 aliphatic heterocycles. The Balaban J connectivity index is 2.75. The molecule has 3 nitrogen and oxygen atoms in total. The molecule has 0 fully saturated rings. The third-order valence-corrected chi connectivity index (χ3v) is 3.13. The van der Waals surface area contributed by atoms with E-state index >= 15 is 0 Å². The van der Waals surface area contributed by atoms with E-state index in [1.54, 1.807) is 30.4 Å². The molecular formula is C14H15Cl2NO2. The van der Waals surface area contributed by atoms with Gasteiger partial charge in [-0.05, 0) is 23.8 Å². The summed E-state index contributed by atoms with van der Waals surface area (Å²) < 4.78 is 0. The van der Waals surface area contributed by atoms with Crippen molar-refractivity contribution in [2.24, 2.45) is 0 Å². The zero-order valence-corrected chi connectivity index (χ0v) is 11.9. The minimum absolute atomic E-state index is 0.0831. The van der Waals surface area contributed by atoms with Crippen molar-refractivity contribution in [3.05, 3.63) is 52.5 Å². The average molecular weight is 300 g/mol. The highest BCUT2D eigenvalue weighted by molar-refractivity contribution is 6.42. The lowest BCUT2D eigenvalue weighted by molar-refractivity contribution is -0.125. The van der Waals surface area contributed by atoms with Crippen LogP contribution in [0.25, 0.3) is 6.08 Å². The van der Waals surface area contributed by atoms with Gasteiger partial charge in [0.1, 0.15) is 0 Å². The second-order valence-corrected chi connectivity index (χ2v) is 4.62. The van der Waals surface area contributed by atoms with Crippen LogP contribution in [-0.4, -0.2) is 35.6 Å². The SMILES string of the molecule is C=CCN(CCO)C(=O)/C=C/c1ccc(Cl)c(Cl)c1. The van der Waals surface area contributed by atoms with Crippen molar-refractivity contribution in [1.29, 1.82) is 0 Å². The van der Waals surface area contributed by atoms with E-state index < -0.39 is 0 Å². The number of halogens is 2. The Morgan fingerprint density at radius 2 is 2.11 bits per heavy atom. The highest BCUT2D eigenvalue weighted by Gasteiger charge is 2.07. The Labute approximate surface area is 122 Å². The van der Waals surface area contributed by atoms with Gasteiger partial charge in [-0.2, -0.15) is 0 Å². The largest absolute Gasteiger partial charge is 0.395 e. The van der Waals surface area contributed by atoms with Crippen molar-refractivity contribution in [3.8, 4) is 0 Å².